The molecule has 9 nitrogen and oxygen atoms in total. The molecule has 36 heavy (non-hydrogen) atoms. The number of ether oxygens (including phenoxy) is 4. The molecule has 4 rings (SSSR count). The van der Waals surface area contributed by atoms with Gasteiger partial charge in [0, 0.05) is 33.3 Å². The van der Waals surface area contributed by atoms with E-state index in [1.807, 2.05) is 18.7 Å². The van der Waals surface area contributed by atoms with Gasteiger partial charge in [0.1, 0.15) is 29.5 Å². The number of methoxy groups -OCH3 is 1. The van der Waals surface area contributed by atoms with Crippen molar-refractivity contribution in [2.75, 3.05) is 46.9 Å². The average Bonchev–Trinajstić information content (AvgIpc) is 3.74. The van der Waals surface area contributed by atoms with Crippen LogP contribution in [0.1, 0.15) is 53.9 Å². The number of nitrogens with zero attached hydrogens (tertiary/aromatic N) is 2. The maximum Gasteiger partial charge on any atom is 0.408 e. The molecule has 0 aromatic carbocycles. The number of likely N-dealkylation sites (N-methyl/N-ethyl adjacent to an activating group) is 1. The van der Waals surface area contributed by atoms with Crippen LogP contribution in [0.5, 0.6) is 0 Å². The largest absolute Gasteiger partial charge is 0.443 e. The highest BCUT2D eigenvalue weighted by Gasteiger charge is 2.72. The molecule has 4 fully saturated rings. The Balaban J connectivity index is 1.41. The fraction of sp³-hybridized carbons (Fsp3) is 0.852. The maximum absolute atomic E-state index is 13.2. The first-order valence-electron chi connectivity index (χ1n) is 13.4. The number of alkyl carbamates (subject to hydrolysis) is 1. The van der Waals surface area contributed by atoms with Crippen molar-refractivity contribution in [3.05, 3.63) is 11.6 Å². The highest BCUT2D eigenvalue weighted by molar-refractivity contribution is 5.86. The summed E-state index contributed by atoms with van der Waals surface area (Å²) in [6.07, 6.45) is 3.22. The lowest BCUT2D eigenvalue weighted by atomic mass is 9.68. The third-order valence-electron chi connectivity index (χ3n) is 8.52. The zero-order chi connectivity index (χ0) is 26.3. The summed E-state index contributed by atoms with van der Waals surface area (Å²) in [5, 5.41) is 2.87. The monoisotopic (exact) mass is 507 g/mol. The second-order valence-corrected chi connectivity index (χ2v) is 11.8. The van der Waals surface area contributed by atoms with Gasteiger partial charge >= 0.3 is 6.09 Å². The molecule has 9 heteroatoms. The highest BCUT2D eigenvalue weighted by Crippen LogP contribution is 2.59. The van der Waals surface area contributed by atoms with Gasteiger partial charge in [-0.3, -0.25) is 4.79 Å². The molecule has 2 amide bonds. The molecule has 3 aliphatic heterocycles. The van der Waals surface area contributed by atoms with Crippen LogP contribution in [0.3, 0.4) is 0 Å². The molecule has 0 radical (unpaired) electrons. The Bertz CT molecular complexity index is 846. The summed E-state index contributed by atoms with van der Waals surface area (Å²) in [4.78, 5) is 30.3. The van der Waals surface area contributed by atoms with E-state index in [-0.39, 0.29) is 41.2 Å². The quantitative estimate of drug-likeness (QED) is 0.398. The molecule has 3 heterocycles. The minimum Gasteiger partial charge on any atom is -0.443 e. The Kier molecular flexibility index (Phi) is 8.05. The third-order valence-corrected chi connectivity index (χ3v) is 8.52. The number of amides is 2. The molecule has 1 saturated carbocycles. The van der Waals surface area contributed by atoms with Crippen molar-refractivity contribution in [1.82, 2.24) is 15.1 Å². The Labute approximate surface area is 215 Å². The zero-order valence-corrected chi connectivity index (χ0v) is 23.0. The van der Waals surface area contributed by atoms with Crippen LogP contribution >= 0.6 is 0 Å². The number of allylic oxidation sites excluding steroid dienone is 1. The number of hydrogen-bond acceptors (Lipinski definition) is 7. The van der Waals surface area contributed by atoms with E-state index in [1.165, 1.54) is 5.57 Å². The van der Waals surface area contributed by atoms with Gasteiger partial charge in [0.2, 0.25) is 5.91 Å². The lowest BCUT2D eigenvalue weighted by Gasteiger charge is -2.42. The summed E-state index contributed by atoms with van der Waals surface area (Å²) in [6, 6.07) is -0.628. The standard InChI is InChI=1S/C27H45N3O6/c1-17(2)8-9-20-26(5,36-20)23-22(33-7)19(10-11-27(23)16-34-27)35-25(32)28-21(18(3)4)24(31)30-14-12-29(6)13-15-30/h8,18-23H,9-16H2,1-7H3,(H,28,32). The van der Waals surface area contributed by atoms with Crippen LogP contribution in [0.25, 0.3) is 0 Å². The van der Waals surface area contributed by atoms with Gasteiger partial charge in [-0.1, -0.05) is 25.5 Å². The van der Waals surface area contributed by atoms with Gasteiger partial charge in [0.05, 0.1) is 18.6 Å². The summed E-state index contributed by atoms with van der Waals surface area (Å²) in [5.41, 5.74) is 0.601. The number of rotatable bonds is 8. The van der Waals surface area contributed by atoms with Crippen LogP contribution in [0.2, 0.25) is 0 Å². The number of piperazine rings is 1. The Hall–Kier alpha value is -1.68. The predicted molar refractivity (Wildman–Crippen MR) is 136 cm³/mol. The van der Waals surface area contributed by atoms with E-state index in [0.717, 1.165) is 25.9 Å². The summed E-state index contributed by atoms with van der Waals surface area (Å²) >= 11 is 0. The van der Waals surface area contributed by atoms with Crippen LogP contribution in [0, 0.1) is 11.8 Å². The summed E-state index contributed by atoms with van der Waals surface area (Å²) in [7, 11) is 3.71. The van der Waals surface area contributed by atoms with Gasteiger partial charge in [-0.15, -0.1) is 0 Å². The highest BCUT2D eigenvalue weighted by atomic mass is 16.6. The van der Waals surface area contributed by atoms with Crippen LogP contribution in [-0.2, 0) is 23.7 Å². The number of epoxide rings is 2. The molecule has 204 valence electrons. The van der Waals surface area contributed by atoms with E-state index in [2.05, 4.69) is 44.1 Å². The Morgan fingerprint density at radius 3 is 2.42 bits per heavy atom. The average molecular weight is 508 g/mol. The van der Waals surface area contributed by atoms with Crippen molar-refractivity contribution >= 4 is 12.0 Å². The topological polar surface area (TPSA) is 96.2 Å². The van der Waals surface area contributed by atoms with E-state index in [0.29, 0.717) is 26.1 Å². The second kappa shape index (κ2) is 10.6. The first kappa shape index (κ1) is 27.4. The van der Waals surface area contributed by atoms with Gasteiger partial charge in [0.15, 0.2) is 0 Å². The van der Waals surface area contributed by atoms with E-state index >= 15 is 0 Å². The fourth-order valence-corrected chi connectivity index (χ4v) is 6.11. The van der Waals surface area contributed by atoms with Crippen molar-refractivity contribution in [1.29, 1.82) is 0 Å². The zero-order valence-electron chi connectivity index (χ0n) is 23.0. The molecule has 0 aromatic heterocycles. The minimum atomic E-state index is -0.628. The number of nitrogens with one attached hydrogen (secondary N) is 1. The fourth-order valence-electron chi connectivity index (χ4n) is 6.11. The van der Waals surface area contributed by atoms with Crippen molar-refractivity contribution < 1.29 is 28.5 Å². The first-order chi connectivity index (χ1) is 17.0. The van der Waals surface area contributed by atoms with Gasteiger partial charge in [-0.2, -0.15) is 0 Å². The first-order valence-corrected chi connectivity index (χ1v) is 13.4. The molecule has 0 aromatic rings. The smallest absolute Gasteiger partial charge is 0.408 e. The lowest BCUT2D eigenvalue weighted by molar-refractivity contribution is -0.136. The van der Waals surface area contributed by atoms with E-state index in [4.69, 9.17) is 18.9 Å². The summed E-state index contributed by atoms with van der Waals surface area (Å²) < 4.78 is 24.2. The van der Waals surface area contributed by atoms with Crippen molar-refractivity contribution in [2.24, 2.45) is 11.8 Å². The normalized spacial score (nSPS) is 36.9. The van der Waals surface area contributed by atoms with Crippen LogP contribution in [0.4, 0.5) is 4.79 Å². The molecular formula is C27H45N3O6. The van der Waals surface area contributed by atoms with Gasteiger partial charge < -0.3 is 34.1 Å². The second-order valence-electron chi connectivity index (χ2n) is 11.8. The Morgan fingerprint density at radius 1 is 1.19 bits per heavy atom. The van der Waals surface area contributed by atoms with Crippen LogP contribution < -0.4 is 5.32 Å². The molecule has 3 saturated heterocycles. The molecule has 1 aliphatic carbocycles. The minimum absolute atomic E-state index is 0.0371. The molecular weight excluding hydrogens is 462 g/mol. The Morgan fingerprint density at radius 2 is 1.86 bits per heavy atom. The molecule has 7 atom stereocenters. The van der Waals surface area contributed by atoms with Crippen LogP contribution in [0.15, 0.2) is 11.6 Å². The van der Waals surface area contributed by atoms with Crippen molar-refractivity contribution in [3.63, 3.8) is 0 Å². The molecule has 7 unspecified atom stereocenters. The van der Waals surface area contributed by atoms with Crippen molar-refractivity contribution in [2.45, 2.75) is 89.4 Å². The number of carbonyl (C=O) groups excluding carboxylic acids is 2. The van der Waals surface area contributed by atoms with Gasteiger partial charge in [-0.25, -0.2) is 4.79 Å². The molecule has 4 aliphatic rings. The number of hydrogen-bond donors (Lipinski definition) is 1. The van der Waals surface area contributed by atoms with Crippen molar-refractivity contribution in [3.8, 4) is 0 Å². The molecule has 1 N–H and O–H groups in total. The number of carbonyl (C=O) groups is 2. The van der Waals surface area contributed by atoms with E-state index in [9.17, 15) is 9.59 Å². The summed E-state index contributed by atoms with van der Waals surface area (Å²) in [6.45, 7) is 13.9. The third kappa shape index (κ3) is 5.59. The van der Waals surface area contributed by atoms with E-state index < -0.39 is 18.2 Å². The SMILES string of the molecule is COC1C(OC(=O)NC(C(=O)N2CCN(C)CC2)C(C)C)CCC2(CO2)C1C1(C)OC1CC=C(C)C. The predicted octanol–water partition coefficient (Wildman–Crippen LogP) is 2.59. The maximum atomic E-state index is 13.2. The van der Waals surface area contributed by atoms with Gasteiger partial charge in [0.25, 0.3) is 0 Å². The van der Waals surface area contributed by atoms with E-state index in [1.54, 1.807) is 7.11 Å². The molecule has 1 spiro atoms. The molecule has 0 bridgehead atoms. The summed E-state index contributed by atoms with van der Waals surface area (Å²) in [5.74, 6) is -0.143. The van der Waals surface area contributed by atoms with Crippen LogP contribution in [-0.4, -0.2) is 104 Å². The van der Waals surface area contributed by atoms with Gasteiger partial charge in [-0.05, 0) is 53.0 Å². The lowest BCUT2D eigenvalue weighted by Crippen LogP contribution is -2.58.